The molecule has 0 spiro atoms. The van der Waals surface area contributed by atoms with Gasteiger partial charge in [0.1, 0.15) is 13.2 Å². The molecule has 0 aliphatic rings. The second-order valence-electron chi connectivity index (χ2n) is 3.97. The molecule has 116 valence electrons. The molecule has 0 aliphatic heterocycles. The van der Waals surface area contributed by atoms with E-state index in [4.69, 9.17) is 0 Å². The van der Waals surface area contributed by atoms with Crippen molar-refractivity contribution in [2.75, 3.05) is 0 Å². The zero-order valence-electron chi connectivity index (χ0n) is 13.5. The van der Waals surface area contributed by atoms with Crippen molar-refractivity contribution in [2.45, 2.75) is 13.2 Å². The van der Waals surface area contributed by atoms with Crippen molar-refractivity contribution in [1.29, 1.82) is 0 Å². The van der Waals surface area contributed by atoms with Gasteiger partial charge >= 0.3 is 119 Å². The summed E-state index contributed by atoms with van der Waals surface area (Å²) in [5, 5.41) is 0. The molecule has 0 N–H and O–H groups in total. The summed E-state index contributed by atoms with van der Waals surface area (Å²) in [5.74, 6) is 0. The summed E-state index contributed by atoms with van der Waals surface area (Å²) in [6, 6.07) is 18.3. The molecule has 0 bridgehead atoms. The quantitative estimate of drug-likeness (QED) is 0.356. The molecule has 0 saturated heterocycles. The van der Waals surface area contributed by atoms with E-state index in [-0.39, 0.29) is 116 Å². The van der Waals surface area contributed by atoms with Gasteiger partial charge in [0, 0.05) is 0 Å². The molecular formula is C14H14K2O6P2+2. The van der Waals surface area contributed by atoms with Crippen LogP contribution < -0.4 is 113 Å². The predicted molar refractivity (Wildman–Crippen MR) is 77.7 cm³/mol. The normalized spacial score (nSPS) is 10.2. The molecule has 0 saturated carbocycles. The molecule has 2 aromatic carbocycles. The average Bonchev–Trinajstić information content (AvgIpc) is 2.53. The van der Waals surface area contributed by atoms with Crippen molar-refractivity contribution in [2.24, 2.45) is 0 Å². The van der Waals surface area contributed by atoms with Gasteiger partial charge in [-0.25, -0.2) is 0 Å². The minimum absolute atomic E-state index is 0. The molecule has 2 unspecified atom stereocenters. The van der Waals surface area contributed by atoms with Gasteiger partial charge in [-0.2, -0.15) is 0 Å². The second kappa shape index (κ2) is 18.1. The molecule has 24 heavy (non-hydrogen) atoms. The zero-order valence-corrected chi connectivity index (χ0v) is 21.6. The van der Waals surface area contributed by atoms with E-state index in [1.54, 1.807) is 24.3 Å². The maximum absolute atomic E-state index is 9.99. The molecular weight excluding hydrogens is 404 g/mol. The fraction of sp³-hybridized carbons (Fsp3) is 0.143. The summed E-state index contributed by atoms with van der Waals surface area (Å²) in [5.41, 5.74) is 1.71. The fourth-order valence-electron chi connectivity index (χ4n) is 1.40. The van der Waals surface area contributed by atoms with Crippen molar-refractivity contribution in [1.82, 2.24) is 0 Å². The topological polar surface area (TPSA) is 98.7 Å². The zero-order chi connectivity index (χ0) is 16.2. The van der Waals surface area contributed by atoms with Gasteiger partial charge < -0.3 is 9.79 Å². The van der Waals surface area contributed by atoms with Crippen molar-refractivity contribution >= 4 is 16.5 Å². The molecule has 0 radical (unpaired) electrons. The molecule has 10 heteroatoms. The van der Waals surface area contributed by atoms with E-state index in [2.05, 4.69) is 9.05 Å². The van der Waals surface area contributed by atoms with Gasteiger partial charge in [-0.3, -0.25) is 0 Å². The van der Waals surface area contributed by atoms with Gasteiger partial charge in [0.2, 0.25) is 0 Å². The smallest absolute Gasteiger partial charge is 0.566 e. The van der Waals surface area contributed by atoms with Crippen LogP contribution in [0.25, 0.3) is 0 Å². The molecule has 0 aliphatic carbocycles. The SMILES string of the molecule is O=[P+]([O-])OCc1ccccc1.O=[P+]([O-])OCc1ccccc1.[K+].[K+]. The van der Waals surface area contributed by atoms with Gasteiger partial charge in [-0.1, -0.05) is 60.7 Å². The third kappa shape index (κ3) is 16.0. The Bertz CT molecular complexity index is 533. The van der Waals surface area contributed by atoms with Gasteiger partial charge in [-0.05, 0) is 20.3 Å². The van der Waals surface area contributed by atoms with E-state index in [0.717, 1.165) is 11.1 Å². The van der Waals surface area contributed by atoms with Crippen LogP contribution in [-0.2, 0) is 31.4 Å². The van der Waals surface area contributed by atoms with Crippen LogP contribution in [0.15, 0.2) is 60.7 Å². The van der Waals surface area contributed by atoms with Crippen molar-refractivity contribution < 1.29 is 131 Å². The first-order valence-corrected chi connectivity index (χ1v) is 8.39. The Labute approximate surface area is 228 Å². The van der Waals surface area contributed by atoms with E-state index >= 15 is 0 Å². The first-order chi connectivity index (χ1) is 10.6. The fourth-order valence-corrected chi connectivity index (χ4v) is 1.91. The number of rotatable bonds is 6. The minimum atomic E-state index is -2.72. The second-order valence-corrected chi connectivity index (χ2v) is 5.38. The van der Waals surface area contributed by atoms with Crippen molar-refractivity contribution in [3.63, 3.8) is 0 Å². The molecule has 6 nitrogen and oxygen atoms in total. The molecule has 2 rings (SSSR count). The van der Waals surface area contributed by atoms with E-state index in [0.29, 0.717) is 0 Å². The molecule has 0 heterocycles. The first-order valence-electron chi connectivity index (χ1n) is 6.20. The predicted octanol–water partition coefficient (Wildman–Crippen LogP) is -3.55. The van der Waals surface area contributed by atoms with E-state index in [1.807, 2.05) is 36.4 Å². The van der Waals surface area contributed by atoms with E-state index in [1.165, 1.54) is 0 Å². The summed E-state index contributed by atoms with van der Waals surface area (Å²) < 4.78 is 28.7. The van der Waals surface area contributed by atoms with Gasteiger partial charge in [0.05, 0.1) is 0 Å². The van der Waals surface area contributed by atoms with Crippen LogP contribution in [0.4, 0.5) is 0 Å². The third-order valence-electron chi connectivity index (χ3n) is 2.36. The van der Waals surface area contributed by atoms with Gasteiger partial charge in [-0.15, -0.1) is 9.05 Å². The Morgan fingerprint density at radius 3 is 1.21 bits per heavy atom. The summed E-state index contributed by atoms with van der Waals surface area (Å²) in [4.78, 5) is 20.0. The Kier molecular flexibility index (Phi) is 21.1. The van der Waals surface area contributed by atoms with Crippen LogP contribution in [0.1, 0.15) is 11.1 Å². The number of hydrogen-bond acceptors (Lipinski definition) is 6. The standard InChI is InChI=1S/2C7H7O3P.2K/c2*8-11(9)10-6-7-4-2-1-3-5-7;;/h2*1-5H,6H2;;/q;;2*+1. The summed E-state index contributed by atoms with van der Waals surface area (Å²) in [6.07, 6.45) is 0. The molecule has 0 fully saturated rings. The number of benzene rings is 2. The first kappa shape index (κ1) is 28.0. The molecule has 0 aromatic heterocycles. The van der Waals surface area contributed by atoms with Gasteiger partial charge in [0.25, 0.3) is 0 Å². The van der Waals surface area contributed by atoms with E-state index < -0.39 is 16.5 Å². The third-order valence-corrected chi connectivity index (χ3v) is 3.04. The average molecular weight is 418 g/mol. The van der Waals surface area contributed by atoms with E-state index in [9.17, 15) is 18.9 Å². The van der Waals surface area contributed by atoms with Crippen LogP contribution in [-0.4, -0.2) is 0 Å². The maximum Gasteiger partial charge on any atom is 1.00 e. The summed E-state index contributed by atoms with van der Waals surface area (Å²) >= 11 is 0. The van der Waals surface area contributed by atoms with Gasteiger partial charge in [0.15, 0.2) is 0 Å². The van der Waals surface area contributed by atoms with Crippen LogP contribution in [0.3, 0.4) is 0 Å². The van der Waals surface area contributed by atoms with Crippen molar-refractivity contribution in [3.05, 3.63) is 71.8 Å². The van der Waals surface area contributed by atoms with Crippen LogP contribution in [0.5, 0.6) is 0 Å². The van der Waals surface area contributed by atoms with Crippen LogP contribution in [0.2, 0.25) is 0 Å². The molecule has 0 amide bonds. The van der Waals surface area contributed by atoms with Crippen molar-refractivity contribution in [3.8, 4) is 0 Å². The Hall–Kier alpha value is 1.75. The summed E-state index contributed by atoms with van der Waals surface area (Å²) in [6.45, 7) is 0.249. The number of hydrogen-bond donors (Lipinski definition) is 0. The minimum Gasteiger partial charge on any atom is -0.566 e. The maximum atomic E-state index is 9.99. The molecule has 2 atom stereocenters. The monoisotopic (exact) mass is 418 g/mol. The Balaban J connectivity index is 0. The summed E-state index contributed by atoms with van der Waals surface area (Å²) in [7, 11) is -5.45. The largest absolute Gasteiger partial charge is 1.00 e. The Morgan fingerprint density at radius 1 is 0.667 bits per heavy atom. The van der Waals surface area contributed by atoms with Crippen LogP contribution in [0, 0.1) is 0 Å². The van der Waals surface area contributed by atoms with Crippen LogP contribution >= 0.6 is 16.5 Å². The Morgan fingerprint density at radius 2 is 0.958 bits per heavy atom. The molecule has 2 aromatic rings.